The van der Waals surface area contributed by atoms with Gasteiger partial charge in [-0.15, -0.1) is 0 Å². The predicted molar refractivity (Wildman–Crippen MR) is 73.1 cm³/mol. The van der Waals surface area contributed by atoms with Gasteiger partial charge < -0.3 is 10.5 Å². The molecule has 1 unspecified atom stereocenters. The maximum absolute atomic E-state index is 12.6. The summed E-state index contributed by atoms with van der Waals surface area (Å²) in [7, 11) is -1.85. The number of nitrogens with two attached hydrogens (primary N) is 1. The third kappa shape index (κ3) is 2.97. The minimum atomic E-state index is -3.47. The summed E-state index contributed by atoms with van der Waals surface area (Å²) in [6.07, 6.45) is 1.71. The lowest BCUT2D eigenvalue weighted by molar-refractivity contribution is 0.0571. The number of rotatable bonds is 4. The summed E-state index contributed by atoms with van der Waals surface area (Å²) >= 11 is 0. The first-order valence-corrected chi connectivity index (χ1v) is 7.84. The van der Waals surface area contributed by atoms with Gasteiger partial charge in [-0.25, -0.2) is 8.42 Å². The lowest BCUT2D eigenvalue weighted by atomic mass is 10.1. The van der Waals surface area contributed by atoms with Crippen LogP contribution in [0.25, 0.3) is 0 Å². The minimum Gasteiger partial charge on any atom is -0.380 e. The van der Waals surface area contributed by atoms with Gasteiger partial charge in [-0.1, -0.05) is 18.2 Å². The van der Waals surface area contributed by atoms with Crippen LogP contribution in [-0.4, -0.2) is 39.0 Å². The van der Waals surface area contributed by atoms with Gasteiger partial charge in [0.25, 0.3) is 0 Å². The lowest BCUT2D eigenvalue weighted by Crippen LogP contribution is -2.43. The molecule has 0 radical (unpaired) electrons. The van der Waals surface area contributed by atoms with Crippen LogP contribution in [-0.2, 0) is 21.3 Å². The van der Waals surface area contributed by atoms with E-state index in [2.05, 4.69) is 0 Å². The topological polar surface area (TPSA) is 72.6 Å². The third-order valence-electron chi connectivity index (χ3n) is 3.48. The molecule has 1 aliphatic rings. The van der Waals surface area contributed by atoms with Crippen molar-refractivity contribution in [2.45, 2.75) is 30.4 Å². The van der Waals surface area contributed by atoms with Gasteiger partial charge in [-0.2, -0.15) is 4.31 Å². The van der Waals surface area contributed by atoms with Crippen molar-refractivity contribution >= 4 is 10.0 Å². The number of nitrogens with zero attached hydrogens (tertiary/aromatic N) is 1. The molecule has 0 aromatic heterocycles. The molecule has 2 rings (SSSR count). The fraction of sp³-hybridized carbons (Fsp3) is 0.538. The van der Waals surface area contributed by atoms with Gasteiger partial charge in [0, 0.05) is 26.7 Å². The molecule has 5 nitrogen and oxygen atoms in total. The second-order valence-electron chi connectivity index (χ2n) is 4.67. The van der Waals surface area contributed by atoms with E-state index in [4.69, 9.17) is 10.5 Å². The van der Waals surface area contributed by atoms with E-state index in [1.54, 1.807) is 31.4 Å². The summed E-state index contributed by atoms with van der Waals surface area (Å²) in [4.78, 5) is 0.314. The molecule has 106 valence electrons. The first kappa shape index (κ1) is 14.5. The van der Waals surface area contributed by atoms with E-state index in [-0.39, 0.29) is 12.6 Å². The average molecular weight is 284 g/mol. The minimum absolute atomic E-state index is 0.0198. The number of hydrogen-bond donors (Lipinski definition) is 1. The molecule has 1 aromatic carbocycles. The highest BCUT2D eigenvalue weighted by Gasteiger charge is 2.31. The Kier molecular flexibility index (Phi) is 4.57. The van der Waals surface area contributed by atoms with Crippen molar-refractivity contribution in [3.05, 3.63) is 29.8 Å². The Morgan fingerprint density at radius 1 is 1.42 bits per heavy atom. The van der Waals surface area contributed by atoms with Gasteiger partial charge in [0.05, 0.1) is 11.0 Å². The molecule has 1 atom stereocenters. The Morgan fingerprint density at radius 3 is 2.84 bits per heavy atom. The molecular formula is C13H20N2O3S. The van der Waals surface area contributed by atoms with Gasteiger partial charge in [-0.05, 0) is 24.5 Å². The number of methoxy groups -OCH3 is 1. The van der Waals surface area contributed by atoms with Crippen molar-refractivity contribution in [1.82, 2.24) is 4.31 Å². The van der Waals surface area contributed by atoms with Crippen molar-refractivity contribution in [1.29, 1.82) is 0 Å². The molecule has 0 spiro atoms. The molecule has 1 heterocycles. The highest BCUT2D eigenvalue weighted by atomic mass is 32.2. The van der Waals surface area contributed by atoms with Crippen molar-refractivity contribution in [2.24, 2.45) is 5.73 Å². The quantitative estimate of drug-likeness (QED) is 0.893. The molecule has 1 aliphatic heterocycles. The fourth-order valence-electron chi connectivity index (χ4n) is 2.38. The van der Waals surface area contributed by atoms with Gasteiger partial charge in [0.2, 0.25) is 10.0 Å². The monoisotopic (exact) mass is 284 g/mol. The average Bonchev–Trinajstić information content (AvgIpc) is 2.47. The van der Waals surface area contributed by atoms with Crippen LogP contribution in [0.4, 0.5) is 0 Å². The molecule has 0 saturated carbocycles. The van der Waals surface area contributed by atoms with Gasteiger partial charge in [0.15, 0.2) is 0 Å². The van der Waals surface area contributed by atoms with E-state index in [9.17, 15) is 8.42 Å². The fourth-order valence-corrected chi connectivity index (χ4v) is 4.12. The third-order valence-corrected chi connectivity index (χ3v) is 5.45. The van der Waals surface area contributed by atoms with E-state index in [1.165, 1.54) is 4.31 Å². The van der Waals surface area contributed by atoms with E-state index in [0.717, 1.165) is 12.8 Å². The van der Waals surface area contributed by atoms with Crippen LogP contribution in [0, 0.1) is 0 Å². The Labute approximate surface area is 114 Å². The summed E-state index contributed by atoms with van der Waals surface area (Å²) in [5.41, 5.74) is 6.28. The van der Waals surface area contributed by atoms with Crippen molar-refractivity contribution in [3.63, 3.8) is 0 Å². The Hall–Kier alpha value is -0.950. The van der Waals surface area contributed by atoms with Crippen LogP contribution < -0.4 is 5.73 Å². The molecule has 19 heavy (non-hydrogen) atoms. The van der Waals surface area contributed by atoms with Crippen molar-refractivity contribution in [2.75, 3.05) is 20.2 Å². The summed E-state index contributed by atoms with van der Waals surface area (Å²) in [6.45, 7) is 1.18. The first-order chi connectivity index (χ1) is 9.09. The van der Waals surface area contributed by atoms with Crippen LogP contribution in [0.2, 0.25) is 0 Å². The molecule has 0 amide bonds. The first-order valence-electron chi connectivity index (χ1n) is 6.40. The zero-order valence-corrected chi connectivity index (χ0v) is 11.9. The Morgan fingerprint density at radius 2 is 2.16 bits per heavy atom. The highest BCUT2D eigenvalue weighted by molar-refractivity contribution is 7.89. The number of sulfonamides is 1. The van der Waals surface area contributed by atoms with Gasteiger partial charge in [-0.3, -0.25) is 0 Å². The molecule has 1 fully saturated rings. The summed E-state index contributed by atoms with van der Waals surface area (Å²) in [5, 5.41) is 0. The van der Waals surface area contributed by atoms with Crippen LogP contribution in [0.3, 0.4) is 0 Å². The van der Waals surface area contributed by atoms with Gasteiger partial charge >= 0.3 is 0 Å². The molecule has 0 aliphatic carbocycles. The van der Waals surface area contributed by atoms with Crippen molar-refractivity contribution in [3.8, 4) is 0 Å². The van der Waals surface area contributed by atoms with E-state index >= 15 is 0 Å². The largest absolute Gasteiger partial charge is 0.380 e. The van der Waals surface area contributed by atoms with Gasteiger partial charge in [0.1, 0.15) is 0 Å². The summed E-state index contributed by atoms with van der Waals surface area (Å²) in [6, 6.07) is 6.90. The predicted octanol–water partition coefficient (Wildman–Crippen LogP) is 0.945. The number of piperidine rings is 1. The van der Waals surface area contributed by atoms with Crippen LogP contribution in [0.5, 0.6) is 0 Å². The lowest BCUT2D eigenvalue weighted by Gasteiger charge is -2.31. The Balaban J connectivity index is 2.31. The van der Waals surface area contributed by atoms with Crippen LogP contribution in [0.1, 0.15) is 18.4 Å². The van der Waals surface area contributed by atoms with E-state index < -0.39 is 10.0 Å². The van der Waals surface area contributed by atoms with E-state index in [1.807, 2.05) is 0 Å². The zero-order valence-electron chi connectivity index (χ0n) is 11.1. The number of benzene rings is 1. The Bertz CT molecular complexity index is 530. The summed E-state index contributed by atoms with van der Waals surface area (Å²) in [5.74, 6) is 0. The second kappa shape index (κ2) is 6.00. The molecular weight excluding hydrogens is 264 g/mol. The summed E-state index contributed by atoms with van der Waals surface area (Å²) < 4.78 is 32.1. The molecule has 1 saturated heterocycles. The maximum Gasteiger partial charge on any atom is 0.243 e. The number of ether oxygens (including phenoxy) is 1. The second-order valence-corrected chi connectivity index (χ2v) is 6.58. The SMILES string of the molecule is COC1CCCN(S(=O)(=O)c2ccccc2CN)C1. The van der Waals surface area contributed by atoms with E-state index in [0.29, 0.717) is 23.5 Å². The smallest absolute Gasteiger partial charge is 0.243 e. The molecule has 2 N–H and O–H groups in total. The standard InChI is InChI=1S/C13H20N2O3S/c1-18-12-6-4-8-15(10-12)19(16,17)13-7-3-2-5-11(13)9-14/h2-3,5,7,12H,4,6,8-10,14H2,1H3. The van der Waals surface area contributed by atoms with Crippen molar-refractivity contribution < 1.29 is 13.2 Å². The zero-order chi connectivity index (χ0) is 13.9. The molecule has 0 bridgehead atoms. The highest BCUT2D eigenvalue weighted by Crippen LogP contribution is 2.24. The molecule has 1 aromatic rings. The van der Waals surface area contributed by atoms with Crippen LogP contribution >= 0.6 is 0 Å². The van der Waals surface area contributed by atoms with Crippen LogP contribution in [0.15, 0.2) is 29.2 Å². The number of hydrogen-bond acceptors (Lipinski definition) is 4. The maximum atomic E-state index is 12.6. The normalized spacial score (nSPS) is 21.5. The molecule has 6 heteroatoms.